The molecule has 3 rings (SSSR count). The third kappa shape index (κ3) is 4.82. The molecular weight excluding hydrogens is 344 g/mol. The van der Waals surface area contributed by atoms with Gasteiger partial charge < -0.3 is 10.2 Å². The molecule has 5 atom stereocenters. The molecule has 3 fully saturated rings. The van der Waals surface area contributed by atoms with E-state index in [1.165, 1.54) is 43.3 Å². The van der Waals surface area contributed by atoms with Crippen molar-refractivity contribution in [3.05, 3.63) is 35.5 Å². The van der Waals surface area contributed by atoms with Gasteiger partial charge in [0.25, 0.3) is 0 Å². The Morgan fingerprint density at radius 2 is 1.96 bits per heavy atom. The Bertz CT molecular complexity index is 635. The summed E-state index contributed by atoms with van der Waals surface area (Å²) < 4.78 is 0. The lowest BCUT2D eigenvalue weighted by Crippen LogP contribution is -2.36. The molecule has 0 amide bonds. The summed E-state index contributed by atoms with van der Waals surface area (Å²) in [6, 6.07) is 0. The van der Waals surface area contributed by atoms with Crippen molar-refractivity contribution in [2.75, 3.05) is 0 Å². The second-order valence-electron chi connectivity index (χ2n) is 10.9. The molecule has 0 aromatic carbocycles. The molecule has 0 aromatic rings. The molecule has 0 radical (unpaired) electrons. The number of rotatable bonds is 5. The second kappa shape index (κ2) is 8.48. The Morgan fingerprint density at radius 1 is 1.21 bits per heavy atom. The molecule has 2 N–H and O–H groups in total. The number of aliphatic hydroxyl groups is 2. The lowest BCUT2D eigenvalue weighted by atomic mass is 9.60. The summed E-state index contributed by atoms with van der Waals surface area (Å²) in [5, 5.41) is 20.2. The van der Waals surface area contributed by atoms with Gasteiger partial charge >= 0.3 is 0 Å². The van der Waals surface area contributed by atoms with Gasteiger partial charge in [-0.25, -0.2) is 0 Å². The quantitative estimate of drug-likeness (QED) is 0.578. The molecule has 28 heavy (non-hydrogen) atoms. The van der Waals surface area contributed by atoms with Crippen molar-refractivity contribution in [1.29, 1.82) is 0 Å². The Kier molecular flexibility index (Phi) is 6.61. The van der Waals surface area contributed by atoms with Crippen LogP contribution in [0.2, 0.25) is 0 Å². The van der Waals surface area contributed by atoms with E-state index in [-0.39, 0.29) is 6.10 Å². The smallest absolute Gasteiger partial charge is 0.0591 e. The van der Waals surface area contributed by atoms with Crippen molar-refractivity contribution >= 4 is 0 Å². The summed E-state index contributed by atoms with van der Waals surface area (Å²) in [5.74, 6) is 2.14. The van der Waals surface area contributed by atoms with Crippen LogP contribution in [0.15, 0.2) is 35.5 Å². The van der Waals surface area contributed by atoms with Crippen molar-refractivity contribution in [3.63, 3.8) is 0 Å². The Hall–Kier alpha value is -0.860. The van der Waals surface area contributed by atoms with Crippen molar-refractivity contribution < 1.29 is 10.2 Å². The van der Waals surface area contributed by atoms with Gasteiger partial charge in [0, 0.05) is 0 Å². The SMILES string of the molecule is C=C1CC[C@H](O)CC1=CC=C1CCC[C@@]2(C)[C@@H]1CC[C@@H]2[C@H](C)CCC(C)(C)O. The summed E-state index contributed by atoms with van der Waals surface area (Å²) in [5.41, 5.74) is 3.96. The van der Waals surface area contributed by atoms with Gasteiger partial charge in [-0.1, -0.05) is 43.7 Å². The summed E-state index contributed by atoms with van der Waals surface area (Å²) in [7, 11) is 0. The zero-order valence-electron chi connectivity index (χ0n) is 18.6. The average molecular weight is 387 g/mol. The lowest BCUT2D eigenvalue weighted by molar-refractivity contribution is 0.0461. The molecule has 158 valence electrons. The summed E-state index contributed by atoms with van der Waals surface area (Å²) >= 11 is 0. The van der Waals surface area contributed by atoms with E-state index in [1.807, 2.05) is 13.8 Å². The lowest BCUT2D eigenvalue weighted by Gasteiger charge is -2.44. The normalized spacial score (nSPS) is 38.1. The van der Waals surface area contributed by atoms with Crippen molar-refractivity contribution in [2.24, 2.45) is 23.2 Å². The molecule has 0 spiro atoms. The van der Waals surface area contributed by atoms with Crippen LogP contribution < -0.4 is 0 Å². The van der Waals surface area contributed by atoms with E-state index >= 15 is 0 Å². The predicted molar refractivity (Wildman–Crippen MR) is 118 cm³/mol. The highest BCUT2D eigenvalue weighted by Crippen LogP contribution is 2.60. The van der Waals surface area contributed by atoms with Crippen LogP contribution in [-0.2, 0) is 0 Å². The number of fused-ring (bicyclic) bond motifs is 1. The van der Waals surface area contributed by atoms with Crippen LogP contribution in [0.5, 0.6) is 0 Å². The highest BCUT2D eigenvalue weighted by Gasteiger charge is 2.50. The third-order valence-corrected chi connectivity index (χ3v) is 8.12. The fourth-order valence-corrected chi connectivity index (χ4v) is 6.39. The first kappa shape index (κ1) is 21.8. The minimum Gasteiger partial charge on any atom is -0.393 e. The molecule has 0 aliphatic heterocycles. The fraction of sp³-hybridized carbons (Fsp3) is 0.769. The van der Waals surface area contributed by atoms with Crippen molar-refractivity contribution in [1.82, 2.24) is 0 Å². The molecule has 0 bridgehead atoms. The van der Waals surface area contributed by atoms with Crippen molar-refractivity contribution in [2.45, 2.75) is 104 Å². The standard InChI is InChI=1S/C26H42O2/c1-18-8-11-22(27)17-21(18)10-9-20-7-6-15-26(5)23(12-13-24(20)26)19(2)14-16-25(3,4)28/h9-10,19,22-24,27-28H,1,6-8,11-17H2,2-5H3/t19-,22+,23-,24-,26-/m1/s1. The van der Waals surface area contributed by atoms with Crippen LogP contribution in [-0.4, -0.2) is 21.9 Å². The molecule has 2 heteroatoms. The molecule has 3 saturated carbocycles. The van der Waals surface area contributed by atoms with E-state index in [1.54, 1.807) is 5.57 Å². The van der Waals surface area contributed by atoms with Crippen LogP contribution in [0.1, 0.15) is 91.9 Å². The van der Waals surface area contributed by atoms with Crippen LogP contribution in [0.3, 0.4) is 0 Å². The maximum atomic E-state index is 10.1. The molecule has 0 saturated heterocycles. The molecule has 3 aliphatic carbocycles. The van der Waals surface area contributed by atoms with E-state index in [9.17, 15) is 10.2 Å². The topological polar surface area (TPSA) is 40.5 Å². The molecular formula is C26H42O2. The van der Waals surface area contributed by atoms with Crippen LogP contribution in [0.4, 0.5) is 0 Å². The van der Waals surface area contributed by atoms with Gasteiger partial charge in [0.2, 0.25) is 0 Å². The Labute approximate surface area is 172 Å². The van der Waals surface area contributed by atoms with E-state index in [2.05, 4.69) is 32.6 Å². The minimum atomic E-state index is -0.552. The fourth-order valence-electron chi connectivity index (χ4n) is 6.39. The van der Waals surface area contributed by atoms with Crippen LogP contribution >= 0.6 is 0 Å². The maximum Gasteiger partial charge on any atom is 0.0591 e. The monoisotopic (exact) mass is 386 g/mol. The average Bonchev–Trinajstić information content (AvgIpc) is 2.97. The first-order valence-electron chi connectivity index (χ1n) is 11.6. The van der Waals surface area contributed by atoms with Crippen LogP contribution in [0, 0.1) is 23.2 Å². The van der Waals surface area contributed by atoms with Gasteiger partial charge in [0.15, 0.2) is 0 Å². The van der Waals surface area contributed by atoms with E-state index < -0.39 is 5.60 Å². The summed E-state index contributed by atoms with van der Waals surface area (Å²) in [6.45, 7) is 13.0. The molecule has 0 heterocycles. The van der Waals surface area contributed by atoms with Gasteiger partial charge in [0.1, 0.15) is 0 Å². The Morgan fingerprint density at radius 3 is 2.68 bits per heavy atom. The summed E-state index contributed by atoms with van der Waals surface area (Å²) in [6.07, 6.45) is 15.5. The van der Waals surface area contributed by atoms with E-state index in [4.69, 9.17) is 0 Å². The molecule has 2 nitrogen and oxygen atoms in total. The zero-order chi connectivity index (χ0) is 20.5. The zero-order valence-corrected chi connectivity index (χ0v) is 18.6. The summed E-state index contributed by atoms with van der Waals surface area (Å²) in [4.78, 5) is 0. The highest BCUT2D eigenvalue weighted by atomic mass is 16.3. The number of aliphatic hydroxyl groups excluding tert-OH is 1. The minimum absolute atomic E-state index is 0.195. The van der Waals surface area contributed by atoms with Gasteiger partial charge in [-0.15, -0.1) is 0 Å². The van der Waals surface area contributed by atoms with Gasteiger partial charge in [-0.3, -0.25) is 0 Å². The number of hydrogen-bond donors (Lipinski definition) is 2. The number of hydrogen-bond acceptors (Lipinski definition) is 2. The molecule has 3 aliphatic rings. The highest BCUT2D eigenvalue weighted by molar-refractivity contribution is 5.36. The number of allylic oxidation sites excluding steroid dienone is 4. The predicted octanol–water partition coefficient (Wildman–Crippen LogP) is 6.34. The largest absolute Gasteiger partial charge is 0.393 e. The first-order chi connectivity index (χ1) is 13.1. The van der Waals surface area contributed by atoms with E-state index in [0.717, 1.165) is 38.0 Å². The van der Waals surface area contributed by atoms with Crippen LogP contribution in [0.25, 0.3) is 0 Å². The van der Waals surface area contributed by atoms with E-state index in [0.29, 0.717) is 17.3 Å². The maximum absolute atomic E-state index is 10.1. The van der Waals surface area contributed by atoms with Gasteiger partial charge in [0.05, 0.1) is 11.7 Å². The van der Waals surface area contributed by atoms with Crippen molar-refractivity contribution in [3.8, 4) is 0 Å². The van der Waals surface area contributed by atoms with Gasteiger partial charge in [-0.05, 0) is 107 Å². The molecule has 0 unspecified atom stereocenters. The molecule has 0 aromatic heterocycles. The second-order valence-corrected chi connectivity index (χ2v) is 10.9. The first-order valence-corrected chi connectivity index (χ1v) is 11.6. The Balaban J connectivity index is 1.73. The van der Waals surface area contributed by atoms with Gasteiger partial charge in [-0.2, -0.15) is 0 Å². The third-order valence-electron chi connectivity index (χ3n) is 8.12.